The molecule has 0 saturated carbocycles. The number of nitriles is 1. The van der Waals surface area contributed by atoms with Crippen molar-refractivity contribution in [1.29, 1.82) is 5.26 Å². The molecule has 0 radical (unpaired) electrons. The molecule has 17 heavy (non-hydrogen) atoms. The lowest BCUT2D eigenvalue weighted by Crippen LogP contribution is -2.16. The molecule has 1 aromatic carbocycles. The molecule has 88 valence electrons. The van der Waals surface area contributed by atoms with Crippen LogP contribution >= 0.6 is 0 Å². The Morgan fingerprint density at radius 2 is 2.12 bits per heavy atom. The van der Waals surface area contributed by atoms with Crippen molar-refractivity contribution in [3.63, 3.8) is 0 Å². The molecule has 0 aliphatic heterocycles. The van der Waals surface area contributed by atoms with Crippen molar-refractivity contribution in [1.82, 2.24) is 0 Å². The summed E-state index contributed by atoms with van der Waals surface area (Å²) in [6.07, 6.45) is -1.69. The lowest BCUT2D eigenvalue weighted by atomic mass is 9.93. The summed E-state index contributed by atoms with van der Waals surface area (Å²) >= 11 is 0. The largest absolute Gasteiger partial charge is 0.479 e. The number of carboxylic acid groups (broad SMARTS) is 1. The van der Waals surface area contributed by atoms with Crippen molar-refractivity contribution >= 4 is 11.8 Å². The van der Waals surface area contributed by atoms with Gasteiger partial charge in [-0.2, -0.15) is 5.26 Å². The number of carboxylic acids is 1. The first kappa shape index (κ1) is 12.9. The molecule has 1 atom stereocenters. The van der Waals surface area contributed by atoms with E-state index in [1.165, 1.54) is 18.2 Å². The van der Waals surface area contributed by atoms with Crippen molar-refractivity contribution in [2.45, 2.75) is 19.4 Å². The molecule has 1 aromatic rings. The highest BCUT2D eigenvalue weighted by atomic mass is 16.4. The molecule has 0 aliphatic rings. The van der Waals surface area contributed by atoms with Gasteiger partial charge in [-0.1, -0.05) is 19.1 Å². The van der Waals surface area contributed by atoms with E-state index in [0.29, 0.717) is 0 Å². The number of aliphatic hydroxyl groups excluding tert-OH is 1. The van der Waals surface area contributed by atoms with Gasteiger partial charge >= 0.3 is 5.97 Å². The Morgan fingerprint density at radius 1 is 1.47 bits per heavy atom. The van der Waals surface area contributed by atoms with Crippen LogP contribution in [0.2, 0.25) is 0 Å². The average molecular weight is 233 g/mol. The van der Waals surface area contributed by atoms with E-state index in [2.05, 4.69) is 0 Å². The first-order valence-electron chi connectivity index (χ1n) is 5.00. The van der Waals surface area contributed by atoms with E-state index in [1.54, 1.807) is 13.0 Å². The maximum atomic E-state index is 11.6. The summed E-state index contributed by atoms with van der Waals surface area (Å²) in [6, 6.07) is 6.04. The summed E-state index contributed by atoms with van der Waals surface area (Å²) in [4.78, 5) is 22.4. The predicted octanol–water partition coefficient (Wildman–Crippen LogP) is 1.27. The van der Waals surface area contributed by atoms with Crippen LogP contribution in [0.25, 0.3) is 0 Å². The van der Waals surface area contributed by atoms with Gasteiger partial charge in [-0.15, -0.1) is 0 Å². The molecule has 0 fully saturated rings. The number of hydrogen-bond donors (Lipinski definition) is 2. The minimum atomic E-state index is -1.86. The Labute approximate surface area is 97.9 Å². The maximum absolute atomic E-state index is 11.6. The van der Waals surface area contributed by atoms with Gasteiger partial charge in [-0.05, 0) is 6.07 Å². The van der Waals surface area contributed by atoms with E-state index >= 15 is 0 Å². The molecular weight excluding hydrogens is 222 g/mol. The first-order valence-corrected chi connectivity index (χ1v) is 5.00. The number of carbonyl (C=O) groups excluding carboxylic acids is 1. The van der Waals surface area contributed by atoms with Gasteiger partial charge < -0.3 is 10.2 Å². The van der Waals surface area contributed by atoms with Gasteiger partial charge in [0.2, 0.25) is 0 Å². The molecule has 1 unspecified atom stereocenters. The number of Topliss-reactive ketones (excluding diaryl/α,β-unsaturated/α-hetero) is 1. The first-order chi connectivity index (χ1) is 8.02. The van der Waals surface area contributed by atoms with E-state index in [-0.39, 0.29) is 28.9 Å². The Balaban J connectivity index is 3.47. The Bertz CT molecular complexity index is 502. The number of aliphatic hydroxyl groups is 1. The fourth-order valence-electron chi connectivity index (χ4n) is 1.51. The van der Waals surface area contributed by atoms with Crippen molar-refractivity contribution in [3.05, 3.63) is 34.9 Å². The molecule has 5 nitrogen and oxygen atoms in total. The summed E-state index contributed by atoms with van der Waals surface area (Å²) in [6.45, 7) is 1.62. The summed E-state index contributed by atoms with van der Waals surface area (Å²) in [7, 11) is 0. The molecule has 0 bridgehead atoms. The molecule has 0 saturated heterocycles. The predicted molar refractivity (Wildman–Crippen MR) is 58.4 cm³/mol. The third-order valence-corrected chi connectivity index (χ3v) is 2.36. The third-order valence-electron chi connectivity index (χ3n) is 2.36. The van der Waals surface area contributed by atoms with Gasteiger partial charge in [-0.3, -0.25) is 4.79 Å². The molecule has 1 rings (SSSR count). The van der Waals surface area contributed by atoms with E-state index in [0.717, 1.165) is 0 Å². The highest BCUT2D eigenvalue weighted by molar-refractivity contribution is 5.99. The van der Waals surface area contributed by atoms with Crippen molar-refractivity contribution < 1.29 is 19.8 Å². The van der Waals surface area contributed by atoms with Gasteiger partial charge in [0.15, 0.2) is 11.9 Å². The lowest BCUT2D eigenvalue weighted by Gasteiger charge is -2.12. The molecule has 0 amide bonds. The van der Waals surface area contributed by atoms with E-state index < -0.39 is 12.1 Å². The van der Waals surface area contributed by atoms with E-state index in [9.17, 15) is 14.7 Å². The second kappa shape index (κ2) is 5.23. The Morgan fingerprint density at radius 3 is 2.59 bits per heavy atom. The molecular formula is C12H11NO4. The summed E-state index contributed by atoms with van der Waals surface area (Å²) < 4.78 is 0. The zero-order valence-electron chi connectivity index (χ0n) is 9.17. The van der Waals surface area contributed by atoms with Gasteiger partial charge in [0.1, 0.15) is 0 Å². The van der Waals surface area contributed by atoms with Crippen LogP contribution in [-0.4, -0.2) is 22.0 Å². The third kappa shape index (κ3) is 2.49. The average Bonchev–Trinajstić information content (AvgIpc) is 2.35. The number of rotatable bonds is 4. The zero-order chi connectivity index (χ0) is 13.0. The normalized spacial score (nSPS) is 11.6. The van der Waals surface area contributed by atoms with Crippen LogP contribution in [0.3, 0.4) is 0 Å². The van der Waals surface area contributed by atoms with Gasteiger partial charge in [0.05, 0.1) is 11.6 Å². The van der Waals surface area contributed by atoms with Crippen LogP contribution in [0.1, 0.15) is 40.9 Å². The van der Waals surface area contributed by atoms with Gasteiger partial charge in [0.25, 0.3) is 0 Å². The SMILES string of the molecule is CCC(=O)c1cccc(C#N)c1C(O)C(=O)O. The highest BCUT2D eigenvalue weighted by Crippen LogP contribution is 2.23. The van der Waals surface area contributed by atoms with Gasteiger partial charge in [0, 0.05) is 17.5 Å². The fraction of sp³-hybridized carbons (Fsp3) is 0.250. The minimum Gasteiger partial charge on any atom is -0.479 e. The molecule has 5 heteroatoms. The number of aliphatic carboxylic acids is 1. The molecule has 0 aromatic heterocycles. The standard InChI is InChI=1S/C12H11NO4/c1-2-9(14)8-5-3-4-7(6-13)10(8)11(15)12(16)17/h3-5,11,15H,2H2,1H3,(H,16,17). The number of hydrogen-bond acceptors (Lipinski definition) is 4. The van der Waals surface area contributed by atoms with Crippen LogP contribution < -0.4 is 0 Å². The minimum absolute atomic E-state index is 0.000741. The fourth-order valence-corrected chi connectivity index (χ4v) is 1.51. The van der Waals surface area contributed by atoms with Gasteiger partial charge in [-0.25, -0.2) is 4.79 Å². The van der Waals surface area contributed by atoms with Crippen molar-refractivity contribution in [3.8, 4) is 6.07 Å². The lowest BCUT2D eigenvalue weighted by molar-refractivity contribution is -0.147. The Kier molecular flexibility index (Phi) is 3.96. The maximum Gasteiger partial charge on any atom is 0.337 e. The summed E-state index contributed by atoms with van der Waals surface area (Å²) in [5.41, 5.74) is -0.0463. The molecule has 0 aliphatic carbocycles. The number of nitrogens with zero attached hydrogens (tertiary/aromatic N) is 1. The number of carbonyl (C=O) groups is 2. The van der Waals surface area contributed by atoms with Crippen LogP contribution in [0.4, 0.5) is 0 Å². The molecule has 0 heterocycles. The van der Waals surface area contributed by atoms with Crippen LogP contribution in [0.15, 0.2) is 18.2 Å². The smallest absolute Gasteiger partial charge is 0.337 e. The van der Waals surface area contributed by atoms with Crippen LogP contribution in [0, 0.1) is 11.3 Å². The van der Waals surface area contributed by atoms with Crippen molar-refractivity contribution in [2.75, 3.05) is 0 Å². The molecule has 0 spiro atoms. The second-order valence-electron chi connectivity index (χ2n) is 3.40. The topological polar surface area (TPSA) is 98.4 Å². The number of benzene rings is 1. The monoisotopic (exact) mass is 233 g/mol. The van der Waals surface area contributed by atoms with E-state index in [4.69, 9.17) is 10.4 Å². The molecule has 2 N–H and O–H groups in total. The summed E-state index contributed by atoms with van der Waals surface area (Å²) in [5.74, 6) is -1.80. The van der Waals surface area contributed by atoms with Crippen LogP contribution in [0.5, 0.6) is 0 Å². The second-order valence-corrected chi connectivity index (χ2v) is 3.40. The van der Waals surface area contributed by atoms with Crippen molar-refractivity contribution in [2.24, 2.45) is 0 Å². The highest BCUT2D eigenvalue weighted by Gasteiger charge is 2.25. The quantitative estimate of drug-likeness (QED) is 0.763. The Hall–Kier alpha value is -2.19. The van der Waals surface area contributed by atoms with E-state index in [1.807, 2.05) is 0 Å². The number of ketones is 1. The zero-order valence-corrected chi connectivity index (χ0v) is 9.17. The summed E-state index contributed by atoms with van der Waals surface area (Å²) in [5, 5.41) is 27.2. The van der Waals surface area contributed by atoms with Crippen LogP contribution in [-0.2, 0) is 4.79 Å².